The number of hydrogen-bond acceptors (Lipinski definition) is 1. The number of carboxylic acid groups (broad SMARTS) is 1. The highest BCUT2D eigenvalue weighted by atomic mass is 16.4. The maximum absolute atomic E-state index is 11.2. The molecular formula is C15H18O2. The SMILES string of the molecule is C=Cc1c(C(=O)O)cccc1C1CCCCC1. The molecule has 2 heteroatoms. The molecule has 1 aliphatic rings. The van der Waals surface area contributed by atoms with E-state index in [-0.39, 0.29) is 0 Å². The highest BCUT2D eigenvalue weighted by molar-refractivity contribution is 5.92. The number of carbonyl (C=O) groups is 1. The summed E-state index contributed by atoms with van der Waals surface area (Å²) < 4.78 is 0. The number of carboxylic acids is 1. The van der Waals surface area contributed by atoms with E-state index >= 15 is 0 Å². The zero-order valence-corrected chi connectivity index (χ0v) is 9.98. The van der Waals surface area contributed by atoms with Crippen molar-refractivity contribution in [2.45, 2.75) is 38.0 Å². The van der Waals surface area contributed by atoms with Gasteiger partial charge in [0.1, 0.15) is 0 Å². The van der Waals surface area contributed by atoms with Crippen molar-refractivity contribution in [1.29, 1.82) is 0 Å². The van der Waals surface area contributed by atoms with E-state index in [2.05, 4.69) is 12.6 Å². The molecule has 0 bridgehead atoms. The van der Waals surface area contributed by atoms with Crippen molar-refractivity contribution in [2.75, 3.05) is 0 Å². The van der Waals surface area contributed by atoms with Gasteiger partial charge in [-0.3, -0.25) is 0 Å². The lowest BCUT2D eigenvalue weighted by atomic mass is 9.81. The van der Waals surface area contributed by atoms with Gasteiger partial charge in [0.05, 0.1) is 5.56 Å². The predicted molar refractivity (Wildman–Crippen MR) is 69.3 cm³/mol. The van der Waals surface area contributed by atoms with Crippen LogP contribution in [0, 0.1) is 0 Å². The number of benzene rings is 1. The first-order valence-corrected chi connectivity index (χ1v) is 6.22. The molecule has 17 heavy (non-hydrogen) atoms. The monoisotopic (exact) mass is 230 g/mol. The molecule has 1 aromatic rings. The third kappa shape index (κ3) is 2.41. The van der Waals surface area contributed by atoms with Gasteiger partial charge in [-0.05, 0) is 36.0 Å². The van der Waals surface area contributed by atoms with Crippen molar-refractivity contribution in [3.8, 4) is 0 Å². The highest BCUT2D eigenvalue weighted by Gasteiger charge is 2.20. The average molecular weight is 230 g/mol. The largest absolute Gasteiger partial charge is 0.478 e. The van der Waals surface area contributed by atoms with Gasteiger partial charge in [-0.15, -0.1) is 0 Å². The second kappa shape index (κ2) is 5.17. The molecule has 2 rings (SSSR count). The quantitative estimate of drug-likeness (QED) is 0.849. The maximum atomic E-state index is 11.2. The van der Waals surface area contributed by atoms with Crippen molar-refractivity contribution < 1.29 is 9.90 Å². The lowest BCUT2D eigenvalue weighted by Crippen LogP contribution is -2.09. The molecule has 0 heterocycles. The average Bonchev–Trinajstić information content (AvgIpc) is 2.38. The first-order valence-electron chi connectivity index (χ1n) is 6.22. The van der Waals surface area contributed by atoms with Gasteiger partial charge in [-0.2, -0.15) is 0 Å². The first-order chi connectivity index (χ1) is 8.24. The van der Waals surface area contributed by atoms with Crippen LogP contribution in [0.4, 0.5) is 0 Å². The van der Waals surface area contributed by atoms with Crippen LogP contribution in [0.3, 0.4) is 0 Å². The Morgan fingerprint density at radius 3 is 2.59 bits per heavy atom. The molecule has 1 fully saturated rings. The van der Waals surface area contributed by atoms with E-state index in [4.69, 9.17) is 0 Å². The molecule has 1 aromatic carbocycles. The summed E-state index contributed by atoms with van der Waals surface area (Å²) in [6.07, 6.45) is 7.83. The number of aromatic carboxylic acids is 1. The molecule has 0 unspecified atom stereocenters. The minimum Gasteiger partial charge on any atom is -0.478 e. The van der Waals surface area contributed by atoms with E-state index in [0.717, 1.165) is 5.56 Å². The van der Waals surface area contributed by atoms with E-state index in [0.29, 0.717) is 11.5 Å². The Kier molecular flexibility index (Phi) is 3.62. The van der Waals surface area contributed by atoms with Crippen LogP contribution >= 0.6 is 0 Å². The van der Waals surface area contributed by atoms with Crippen LogP contribution in [0.2, 0.25) is 0 Å². The molecule has 0 radical (unpaired) electrons. The Balaban J connectivity index is 2.41. The molecule has 1 aliphatic carbocycles. The Hall–Kier alpha value is -1.57. The normalized spacial score (nSPS) is 16.7. The molecular weight excluding hydrogens is 212 g/mol. The van der Waals surface area contributed by atoms with Gasteiger partial charge >= 0.3 is 5.97 Å². The van der Waals surface area contributed by atoms with Crippen molar-refractivity contribution in [3.63, 3.8) is 0 Å². The van der Waals surface area contributed by atoms with Gasteiger partial charge in [0, 0.05) is 0 Å². The lowest BCUT2D eigenvalue weighted by molar-refractivity contribution is 0.0696. The minimum absolute atomic E-state index is 0.378. The van der Waals surface area contributed by atoms with Gasteiger partial charge < -0.3 is 5.11 Å². The summed E-state index contributed by atoms with van der Waals surface area (Å²) in [6, 6.07) is 5.56. The summed E-state index contributed by atoms with van der Waals surface area (Å²) in [5.74, 6) is -0.353. The Bertz CT molecular complexity index is 429. The second-order valence-electron chi connectivity index (χ2n) is 4.65. The lowest BCUT2D eigenvalue weighted by Gasteiger charge is -2.24. The molecule has 0 spiro atoms. The summed E-state index contributed by atoms with van der Waals surface area (Å²) in [6.45, 7) is 3.77. The molecule has 0 amide bonds. The van der Waals surface area contributed by atoms with E-state index < -0.39 is 5.97 Å². The minimum atomic E-state index is -0.863. The van der Waals surface area contributed by atoms with Crippen LogP contribution in [-0.2, 0) is 0 Å². The summed E-state index contributed by atoms with van der Waals surface area (Å²) in [5, 5.41) is 9.17. The number of rotatable bonds is 3. The van der Waals surface area contributed by atoms with E-state index in [9.17, 15) is 9.90 Å². The summed E-state index contributed by atoms with van der Waals surface area (Å²) in [7, 11) is 0. The molecule has 1 N–H and O–H groups in total. The summed E-state index contributed by atoms with van der Waals surface area (Å²) >= 11 is 0. The van der Waals surface area contributed by atoms with Crippen LogP contribution in [0.15, 0.2) is 24.8 Å². The smallest absolute Gasteiger partial charge is 0.336 e. The van der Waals surface area contributed by atoms with Crippen molar-refractivity contribution in [1.82, 2.24) is 0 Å². The topological polar surface area (TPSA) is 37.3 Å². The van der Waals surface area contributed by atoms with Gasteiger partial charge in [0.2, 0.25) is 0 Å². The van der Waals surface area contributed by atoms with E-state index in [1.54, 1.807) is 12.1 Å². The van der Waals surface area contributed by atoms with Crippen LogP contribution in [-0.4, -0.2) is 11.1 Å². The highest BCUT2D eigenvalue weighted by Crippen LogP contribution is 2.35. The summed E-state index contributed by atoms with van der Waals surface area (Å²) in [5.41, 5.74) is 2.36. The van der Waals surface area contributed by atoms with E-state index in [1.807, 2.05) is 6.07 Å². The fourth-order valence-electron chi connectivity index (χ4n) is 2.77. The predicted octanol–water partition coefficient (Wildman–Crippen LogP) is 4.08. The van der Waals surface area contributed by atoms with Gasteiger partial charge in [0.25, 0.3) is 0 Å². The number of hydrogen-bond donors (Lipinski definition) is 1. The third-order valence-corrected chi connectivity index (χ3v) is 3.62. The Labute approximate surface area is 102 Å². The molecule has 2 nitrogen and oxygen atoms in total. The molecule has 0 atom stereocenters. The molecule has 0 aliphatic heterocycles. The molecule has 90 valence electrons. The van der Waals surface area contributed by atoms with Crippen LogP contribution < -0.4 is 0 Å². The third-order valence-electron chi connectivity index (χ3n) is 3.62. The van der Waals surface area contributed by atoms with Crippen LogP contribution in [0.5, 0.6) is 0 Å². The fraction of sp³-hybridized carbons (Fsp3) is 0.400. The zero-order valence-electron chi connectivity index (χ0n) is 9.98. The Morgan fingerprint density at radius 1 is 1.29 bits per heavy atom. The van der Waals surface area contributed by atoms with Crippen LogP contribution in [0.25, 0.3) is 6.08 Å². The van der Waals surface area contributed by atoms with Crippen LogP contribution in [0.1, 0.15) is 59.5 Å². The zero-order chi connectivity index (χ0) is 12.3. The second-order valence-corrected chi connectivity index (χ2v) is 4.65. The standard InChI is InChI=1S/C15H18O2/c1-2-12-13(11-7-4-3-5-8-11)9-6-10-14(12)15(16)17/h2,6,9-11H,1,3-5,7-8H2,(H,16,17). The molecule has 0 saturated heterocycles. The van der Waals surface area contributed by atoms with Gasteiger partial charge in [-0.25, -0.2) is 4.79 Å². The first kappa shape index (κ1) is 11.9. The molecule has 1 saturated carbocycles. The van der Waals surface area contributed by atoms with Crippen molar-refractivity contribution in [3.05, 3.63) is 41.5 Å². The summed E-state index contributed by atoms with van der Waals surface area (Å²) in [4.78, 5) is 11.2. The maximum Gasteiger partial charge on any atom is 0.336 e. The Morgan fingerprint density at radius 2 is 2.00 bits per heavy atom. The fourth-order valence-corrected chi connectivity index (χ4v) is 2.77. The van der Waals surface area contributed by atoms with Crippen molar-refractivity contribution in [2.24, 2.45) is 0 Å². The van der Waals surface area contributed by atoms with Gasteiger partial charge in [-0.1, -0.05) is 44.1 Å². The van der Waals surface area contributed by atoms with Gasteiger partial charge in [0.15, 0.2) is 0 Å². The van der Waals surface area contributed by atoms with Crippen molar-refractivity contribution >= 4 is 12.0 Å². The molecule has 0 aromatic heterocycles. The van der Waals surface area contributed by atoms with E-state index in [1.165, 1.54) is 37.7 Å².